The van der Waals surface area contributed by atoms with Crippen molar-refractivity contribution in [2.24, 2.45) is 0 Å². The van der Waals surface area contributed by atoms with E-state index in [-0.39, 0.29) is 18.3 Å². The number of nitrogens with zero attached hydrogens (tertiary/aromatic N) is 2. The highest BCUT2D eigenvalue weighted by Gasteiger charge is 2.12. The first-order valence-electron chi connectivity index (χ1n) is 9.30. The van der Waals surface area contributed by atoms with Crippen LogP contribution in [0.15, 0.2) is 48.5 Å². The normalized spacial score (nSPS) is 10.6. The van der Waals surface area contributed by atoms with Crippen molar-refractivity contribution in [2.75, 3.05) is 31.6 Å². The Morgan fingerprint density at radius 3 is 2.21 bits per heavy atom. The Kier molecular flexibility index (Phi) is 7.95. The highest BCUT2D eigenvalue weighted by atomic mass is 19.1. The van der Waals surface area contributed by atoms with Gasteiger partial charge in [0.05, 0.1) is 6.54 Å². The van der Waals surface area contributed by atoms with Crippen LogP contribution < -0.4 is 15.8 Å². The number of halogens is 1. The Balaban J connectivity index is 1.81. The maximum absolute atomic E-state index is 13.7. The van der Waals surface area contributed by atoms with Crippen LogP contribution in [0.1, 0.15) is 29.8 Å². The third-order valence-electron chi connectivity index (χ3n) is 4.39. The smallest absolute Gasteiger partial charge is 0.269 e. The molecule has 0 bridgehead atoms. The highest BCUT2D eigenvalue weighted by molar-refractivity contribution is 5.95. The van der Waals surface area contributed by atoms with Gasteiger partial charge in [0.2, 0.25) is 0 Å². The molecule has 2 rings (SSSR count). The molecule has 0 atom stereocenters. The van der Waals surface area contributed by atoms with E-state index in [0.717, 1.165) is 18.8 Å². The van der Waals surface area contributed by atoms with Crippen molar-refractivity contribution in [1.82, 2.24) is 15.8 Å². The van der Waals surface area contributed by atoms with Gasteiger partial charge in [0, 0.05) is 36.4 Å². The van der Waals surface area contributed by atoms with Gasteiger partial charge in [0.15, 0.2) is 0 Å². The molecule has 2 N–H and O–H groups in total. The Morgan fingerprint density at radius 2 is 1.61 bits per heavy atom. The molecule has 6 nitrogen and oxygen atoms in total. The number of carbonyl (C=O) groups is 2. The lowest BCUT2D eigenvalue weighted by Crippen LogP contribution is -2.45. The number of rotatable bonds is 8. The van der Waals surface area contributed by atoms with Gasteiger partial charge in [-0.2, -0.15) is 0 Å². The van der Waals surface area contributed by atoms with E-state index in [1.165, 1.54) is 6.07 Å². The van der Waals surface area contributed by atoms with Crippen molar-refractivity contribution in [3.63, 3.8) is 0 Å². The van der Waals surface area contributed by atoms with E-state index in [4.69, 9.17) is 0 Å². The molecule has 0 aromatic heterocycles. The van der Waals surface area contributed by atoms with E-state index < -0.39 is 5.91 Å². The van der Waals surface area contributed by atoms with E-state index in [2.05, 4.69) is 29.6 Å². The highest BCUT2D eigenvalue weighted by Crippen LogP contribution is 2.14. The minimum Gasteiger partial charge on any atom is -0.372 e. The molecule has 0 saturated carbocycles. The predicted molar refractivity (Wildman–Crippen MR) is 108 cm³/mol. The minimum absolute atomic E-state index is 0.0233. The van der Waals surface area contributed by atoms with Crippen LogP contribution >= 0.6 is 0 Å². The van der Waals surface area contributed by atoms with Crippen LogP contribution in [0.25, 0.3) is 0 Å². The minimum atomic E-state index is -0.392. The number of amides is 2. The van der Waals surface area contributed by atoms with E-state index in [1.54, 1.807) is 42.3 Å². The monoisotopic (exact) mass is 386 g/mol. The molecule has 0 aliphatic rings. The zero-order valence-electron chi connectivity index (χ0n) is 16.5. The molecular weight excluding hydrogens is 359 g/mol. The molecule has 0 unspecified atom stereocenters. The zero-order chi connectivity index (χ0) is 20.5. The van der Waals surface area contributed by atoms with Gasteiger partial charge in [-0.25, -0.2) is 4.39 Å². The largest absolute Gasteiger partial charge is 0.372 e. The summed E-state index contributed by atoms with van der Waals surface area (Å²) in [6, 6.07) is 13.6. The Labute approximate surface area is 165 Å². The summed E-state index contributed by atoms with van der Waals surface area (Å²) in [4.78, 5) is 28.0. The number of benzene rings is 2. The third-order valence-corrected chi connectivity index (χ3v) is 4.39. The van der Waals surface area contributed by atoms with Crippen LogP contribution in [0, 0.1) is 5.82 Å². The van der Waals surface area contributed by atoms with Gasteiger partial charge in [-0.1, -0.05) is 18.2 Å². The second-order valence-corrected chi connectivity index (χ2v) is 6.49. The van der Waals surface area contributed by atoms with Crippen molar-refractivity contribution in [3.05, 3.63) is 65.5 Å². The van der Waals surface area contributed by atoms with E-state index in [1.807, 2.05) is 12.1 Å². The lowest BCUT2D eigenvalue weighted by molar-refractivity contribution is -0.122. The number of likely N-dealkylation sites (N-methyl/N-ethyl adjacent to an activating group) is 1. The fourth-order valence-electron chi connectivity index (χ4n) is 2.87. The van der Waals surface area contributed by atoms with Gasteiger partial charge < -0.3 is 4.90 Å². The van der Waals surface area contributed by atoms with Crippen LogP contribution in [-0.2, 0) is 11.3 Å². The van der Waals surface area contributed by atoms with Gasteiger partial charge in [0.1, 0.15) is 5.82 Å². The fraction of sp³-hybridized carbons (Fsp3) is 0.333. The van der Waals surface area contributed by atoms with Gasteiger partial charge in [-0.3, -0.25) is 25.3 Å². The molecule has 0 saturated heterocycles. The van der Waals surface area contributed by atoms with Crippen molar-refractivity contribution < 1.29 is 14.0 Å². The molecule has 0 fully saturated rings. The summed E-state index contributed by atoms with van der Waals surface area (Å²) in [6.07, 6.45) is 0. The topological polar surface area (TPSA) is 64.7 Å². The standard InChI is InChI=1S/C21H27FN4O2/c1-4-26(5-2)18-12-10-16(11-13-18)21(28)24-23-20(27)15-25(3)14-17-8-6-7-9-19(17)22/h6-13H,4-5,14-15H2,1-3H3,(H,23,27)(H,24,28). The number of anilines is 1. The second-order valence-electron chi connectivity index (χ2n) is 6.49. The molecule has 0 spiro atoms. The maximum atomic E-state index is 13.7. The second kappa shape index (κ2) is 10.4. The van der Waals surface area contributed by atoms with Crippen molar-refractivity contribution in [1.29, 1.82) is 0 Å². The lowest BCUT2D eigenvalue weighted by atomic mass is 10.2. The quantitative estimate of drug-likeness (QED) is 0.685. The average molecular weight is 386 g/mol. The summed E-state index contributed by atoms with van der Waals surface area (Å²) >= 11 is 0. The molecular formula is C21H27FN4O2. The molecule has 2 amide bonds. The van der Waals surface area contributed by atoms with Gasteiger partial charge in [-0.15, -0.1) is 0 Å². The van der Waals surface area contributed by atoms with Crippen LogP contribution in [0.3, 0.4) is 0 Å². The third kappa shape index (κ3) is 6.06. The molecule has 28 heavy (non-hydrogen) atoms. The van der Waals surface area contributed by atoms with E-state index in [0.29, 0.717) is 17.7 Å². The number of nitrogens with one attached hydrogen (secondary N) is 2. The van der Waals surface area contributed by atoms with Gasteiger partial charge >= 0.3 is 0 Å². The van der Waals surface area contributed by atoms with E-state index >= 15 is 0 Å². The van der Waals surface area contributed by atoms with Crippen molar-refractivity contribution >= 4 is 17.5 Å². The molecule has 2 aromatic carbocycles. The summed E-state index contributed by atoms with van der Waals surface area (Å²) in [7, 11) is 1.71. The molecule has 0 radical (unpaired) electrons. The number of carbonyl (C=O) groups excluding carboxylic acids is 2. The number of hydrogen-bond donors (Lipinski definition) is 2. The molecule has 7 heteroatoms. The van der Waals surface area contributed by atoms with E-state index in [9.17, 15) is 14.0 Å². The Bertz CT molecular complexity index is 791. The molecule has 2 aromatic rings. The van der Waals surface area contributed by atoms with Crippen molar-refractivity contribution in [3.8, 4) is 0 Å². The average Bonchev–Trinajstić information content (AvgIpc) is 2.69. The van der Waals surface area contributed by atoms with Gasteiger partial charge in [-0.05, 0) is 51.2 Å². The van der Waals surface area contributed by atoms with Crippen LogP contribution in [-0.4, -0.2) is 43.4 Å². The Morgan fingerprint density at radius 1 is 0.964 bits per heavy atom. The first-order chi connectivity index (χ1) is 13.4. The first kappa shape index (κ1) is 21.4. The maximum Gasteiger partial charge on any atom is 0.269 e. The summed E-state index contributed by atoms with van der Waals surface area (Å²) in [5, 5.41) is 0. The van der Waals surface area contributed by atoms with Crippen LogP contribution in [0.2, 0.25) is 0 Å². The number of hydrogen-bond acceptors (Lipinski definition) is 4. The summed E-state index contributed by atoms with van der Waals surface area (Å²) < 4.78 is 13.7. The SMILES string of the molecule is CCN(CC)c1ccc(C(=O)NNC(=O)CN(C)Cc2ccccc2F)cc1. The molecule has 0 aliphatic carbocycles. The summed E-state index contributed by atoms with van der Waals surface area (Å²) in [5.74, 6) is -1.08. The fourth-order valence-corrected chi connectivity index (χ4v) is 2.87. The molecule has 0 heterocycles. The Hall–Kier alpha value is -2.93. The summed E-state index contributed by atoms with van der Waals surface area (Å²) in [6.45, 7) is 6.24. The molecule has 0 aliphatic heterocycles. The van der Waals surface area contributed by atoms with Crippen LogP contribution in [0.5, 0.6) is 0 Å². The van der Waals surface area contributed by atoms with Crippen molar-refractivity contribution in [2.45, 2.75) is 20.4 Å². The zero-order valence-corrected chi connectivity index (χ0v) is 16.5. The molecule has 150 valence electrons. The summed E-state index contributed by atoms with van der Waals surface area (Å²) in [5.41, 5.74) is 6.80. The van der Waals surface area contributed by atoms with Crippen LogP contribution in [0.4, 0.5) is 10.1 Å². The first-order valence-corrected chi connectivity index (χ1v) is 9.30. The van der Waals surface area contributed by atoms with Gasteiger partial charge in [0.25, 0.3) is 11.8 Å². The predicted octanol–water partition coefficient (Wildman–Crippen LogP) is 2.56. The lowest BCUT2D eigenvalue weighted by Gasteiger charge is -2.21. The number of hydrazine groups is 1.